The van der Waals surface area contributed by atoms with Crippen LogP contribution in [0.5, 0.6) is 0 Å². The lowest BCUT2D eigenvalue weighted by molar-refractivity contribution is 0.332. The zero-order chi connectivity index (χ0) is 50.0. The van der Waals surface area contributed by atoms with Crippen molar-refractivity contribution in [3.05, 3.63) is 148 Å². The third-order valence-corrected chi connectivity index (χ3v) is 21.9. The first-order valence-electron chi connectivity index (χ1n) is 27.1. The molecule has 5 heteroatoms. The molecule has 0 bridgehead atoms. The molecule has 9 aromatic rings. The first kappa shape index (κ1) is 45.3. The van der Waals surface area contributed by atoms with E-state index in [0.29, 0.717) is 0 Å². The van der Waals surface area contributed by atoms with Gasteiger partial charge in [-0.25, -0.2) is 0 Å². The first-order valence-corrected chi connectivity index (χ1v) is 28.7. The Balaban J connectivity index is 1.19. The van der Waals surface area contributed by atoms with Crippen LogP contribution in [0, 0.1) is 6.92 Å². The average molecular weight is 977 g/mol. The lowest BCUT2D eigenvalue weighted by Gasteiger charge is -2.49. The van der Waals surface area contributed by atoms with E-state index >= 15 is 0 Å². The smallest absolute Gasteiger partial charge is 0.334 e. The Morgan fingerprint density at radius 1 is 0.417 bits per heavy atom. The molecule has 2 aromatic heterocycles. The van der Waals surface area contributed by atoms with Crippen molar-refractivity contribution in [3.63, 3.8) is 0 Å². The highest BCUT2D eigenvalue weighted by Gasteiger charge is 2.50. The van der Waals surface area contributed by atoms with Crippen molar-refractivity contribution in [1.29, 1.82) is 0 Å². The molecule has 2 nitrogen and oxygen atoms in total. The Morgan fingerprint density at radius 2 is 0.944 bits per heavy atom. The number of hydrogen-bond donors (Lipinski definition) is 0. The molecule has 72 heavy (non-hydrogen) atoms. The minimum absolute atomic E-state index is 0.0340. The molecule has 3 aliphatic carbocycles. The molecule has 0 fully saturated rings. The number of nitrogens with zero attached hydrogens (tertiary/aromatic N) is 2. The van der Waals surface area contributed by atoms with Gasteiger partial charge in [-0.3, -0.25) is 0 Å². The Morgan fingerprint density at radius 3 is 1.58 bits per heavy atom. The lowest BCUT2D eigenvalue weighted by Crippen LogP contribution is -2.62. The quantitative estimate of drug-likeness (QED) is 0.159. The zero-order valence-corrected chi connectivity index (χ0v) is 46.6. The summed E-state index contributed by atoms with van der Waals surface area (Å²) in [7, 11) is 0. The van der Waals surface area contributed by atoms with E-state index in [1.165, 1.54) is 168 Å². The van der Waals surface area contributed by atoms with E-state index in [0.717, 1.165) is 0 Å². The fraction of sp³-hybridized carbons (Fsp3) is 0.373. The molecule has 0 unspecified atom stereocenters. The van der Waals surface area contributed by atoms with Crippen LogP contribution in [0.25, 0.3) is 51.5 Å². The Kier molecular flexibility index (Phi) is 9.10. The highest BCUT2D eigenvalue weighted by molar-refractivity contribution is 7.28. The number of hydrogen-bond acceptors (Lipinski definition) is 4. The van der Waals surface area contributed by atoms with Crippen LogP contribution < -0.4 is 20.6 Å². The Labute approximate surface area is 436 Å². The number of fused-ring (bicyclic) bond motifs is 15. The fourth-order valence-corrected chi connectivity index (χ4v) is 17.2. The maximum atomic E-state index is 2.88. The van der Waals surface area contributed by atoms with Crippen LogP contribution in [0.1, 0.15) is 161 Å². The second kappa shape index (κ2) is 14.5. The van der Waals surface area contributed by atoms with Gasteiger partial charge in [0.05, 0.1) is 0 Å². The van der Waals surface area contributed by atoms with Crippen LogP contribution in [0.3, 0.4) is 0 Å². The van der Waals surface area contributed by atoms with Gasteiger partial charge in [0.25, 0.3) is 0 Å². The summed E-state index contributed by atoms with van der Waals surface area (Å²) >= 11 is 3.98. The molecule has 4 heterocycles. The SMILES string of the molecule is Cc1cc2c(cc1N1c3cc4sc5ccccc5c4c4c3B(c3c1ccc1c3sc3ccccc31)N(c1ccc3c(c1)C(C)(C)CCC3(C)C)c1cc3c(cc1-4)C(C)(C)CCC3(C)C)C(C)(C)CCC2(C)C. The predicted molar refractivity (Wildman–Crippen MR) is 317 cm³/mol. The summed E-state index contributed by atoms with van der Waals surface area (Å²) in [5, 5.41) is 5.50. The maximum Gasteiger partial charge on any atom is 0.334 e. The van der Waals surface area contributed by atoms with Gasteiger partial charge in [-0.2, -0.15) is 0 Å². The van der Waals surface area contributed by atoms with Crippen LogP contribution in [-0.4, -0.2) is 6.85 Å². The van der Waals surface area contributed by atoms with Gasteiger partial charge in [0.15, 0.2) is 0 Å². The number of benzene rings is 7. The van der Waals surface area contributed by atoms with Crippen molar-refractivity contribution in [3.8, 4) is 11.1 Å². The third kappa shape index (κ3) is 6.07. The molecule has 0 amide bonds. The van der Waals surface area contributed by atoms with E-state index in [1.807, 2.05) is 22.7 Å². The highest BCUT2D eigenvalue weighted by atomic mass is 32.1. The molecule has 0 spiro atoms. The van der Waals surface area contributed by atoms with Crippen molar-refractivity contribution >= 4 is 109 Å². The van der Waals surface area contributed by atoms with Crippen LogP contribution in [0.15, 0.2) is 109 Å². The Bertz CT molecular complexity index is 3870. The van der Waals surface area contributed by atoms with E-state index in [2.05, 4.69) is 209 Å². The molecule has 0 radical (unpaired) electrons. The van der Waals surface area contributed by atoms with Gasteiger partial charge in [0, 0.05) is 74.3 Å². The van der Waals surface area contributed by atoms with Crippen molar-refractivity contribution < 1.29 is 0 Å². The van der Waals surface area contributed by atoms with Gasteiger partial charge < -0.3 is 9.71 Å². The van der Waals surface area contributed by atoms with Gasteiger partial charge in [-0.1, -0.05) is 138 Å². The fourth-order valence-electron chi connectivity index (χ4n) is 14.8. The third-order valence-electron chi connectivity index (χ3n) is 19.6. The molecular weight excluding hydrogens is 908 g/mol. The number of thiophene rings is 2. The summed E-state index contributed by atoms with van der Waals surface area (Å²) in [6.45, 7) is 32.2. The molecule has 0 N–H and O–H groups in total. The predicted octanol–water partition coefficient (Wildman–Crippen LogP) is 18.5. The standard InChI is InChI=1S/C67H69BN2S2/c1-38-32-45-48(66(10,11)30-28-63(45,4)5)35-51(38)69-50-25-23-41-40-18-14-16-20-54(40)72-61(41)60(50)68-59-53(69)37-56-57(42-19-15-17-21-55(42)71-56)58(59)43-34-47-49(67(12,13)31-29-65(47,8)9)36-52(43)70(68)39-22-24-44-46(33-39)64(6,7)27-26-62(44,2)3/h14-25,32-37H,26-31H2,1-13H3. The molecule has 362 valence electrons. The minimum Gasteiger partial charge on any atom is -0.376 e. The van der Waals surface area contributed by atoms with E-state index < -0.39 is 0 Å². The molecule has 14 rings (SSSR count). The molecule has 7 aromatic carbocycles. The summed E-state index contributed by atoms with van der Waals surface area (Å²) in [6.07, 6.45) is 7.10. The van der Waals surface area contributed by atoms with Crippen molar-refractivity contribution in [2.45, 2.75) is 161 Å². The zero-order valence-electron chi connectivity index (χ0n) is 44.9. The van der Waals surface area contributed by atoms with Crippen molar-refractivity contribution in [1.82, 2.24) is 0 Å². The lowest BCUT2D eigenvalue weighted by atomic mass is 9.42. The summed E-state index contributed by atoms with van der Waals surface area (Å²) < 4.78 is 5.48. The topological polar surface area (TPSA) is 6.48 Å². The van der Waals surface area contributed by atoms with Gasteiger partial charge in [0.2, 0.25) is 0 Å². The van der Waals surface area contributed by atoms with Crippen LogP contribution in [0.2, 0.25) is 0 Å². The van der Waals surface area contributed by atoms with Gasteiger partial charge >= 0.3 is 6.85 Å². The van der Waals surface area contributed by atoms with E-state index in [4.69, 9.17) is 0 Å². The molecule has 5 aliphatic rings. The summed E-state index contributed by atoms with van der Waals surface area (Å²) in [4.78, 5) is 5.64. The van der Waals surface area contributed by atoms with Crippen LogP contribution >= 0.6 is 22.7 Å². The molecule has 2 aliphatic heterocycles. The van der Waals surface area contributed by atoms with E-state index in [-0.39, 0.29) is 39.3 Å². The largest absolute Gasteiger partial charge is 0.376 e. The summed E-state index contributed by atoms with van der Waals surface area (Å²) in [5.74, 6) is 0. The number of anilines is 5. The monoisotopic (exact) mass is 976 g/mol. The molecular formula is C67H69BN2S2. The summed E-state index contributed by atoms with van der Waals surface area (Å²) in [5.41, 5.74) is 23.1. The van der Waals surface area contributed by atoms with Gasteiger partial charge in [-0.05, 0) is 188 Å². The Hall–Kier alpha value is -5.36. The maximum absolute atomic E-state index is 2.88. The normalized spacial score (nSPS) is 20.3. The van der Waals surface area contributed by atoms with E-state index in [9.17, 15) is 0 Å². The first-order chi connectivity index (χ1) is 34.1. The van der Waals surface area contributed by atoms with Crippen LogP contribution in [0.4, 0.5) is 28.4 Å². The number of aryl methyl sites for hydroxylation is 1. The number of rotatable bonds is 2. The molecule has 0 saturated carbocycles. The minimum atomic E-state index is -0.0996. The highest BCUT2D eigenvalue weighted by Crippen LogP contribution is 2.58. The average Bonchev–Trinajstić information content (AvgIpc) is 3.91. The molecule has 0 atom stereocenters. The van der Waals surface area contributed by atoms with Gasteiger partial charge in [-0.15, -0.1) is 22.7 Å². The second-order valence-electron chi connectivity index (χ2n) is 26.9. The second-order valence-corrected chi connectivity index (χ2v) is 29.0. The molecule has 0 saturated heterocycles. The van der Waals surface area contributed by atoms with E-state index in [1.54, 1.807) is 0 Å². The van der Waals surface area contributed by atoms with Gasteiger partial charge in [0.1, 0.15) is 0 Å². The summed E-state index contributed by atoms with van der Waals surface area (Å²) in [6, 6.07) is 44.5. The van der Waals surface area contributed by atoms with Crippen molar-refractivity contribution in [2.75, 3.05) is 9.71 Å². The van der Waals surface area contributed by atoms with Crippen molar-refractivity contribution in [2.24, 2.45) is 0 Å². The van der Waals surface area contributed by atoms with Crippen LogP contribution in [-0.2, 0) is 32.5 Å².